The maximum atomic E-state index is 12.7. The van der Waals surface area contributed by atoms with Gasteiger partial charge in [0.05, 0.1) is 12.2 Å². The highest BCUT2D eigenvalue weighted by Crippen LogP contribution is 2.31. The average molecular weight is 563 g/mol. The van der Waals surface area contributed by atoms with Crippen LogP contribution in [0.15, 0.2) is 48.5 Å². The van der Waals surface area contributed by atoms with E-state index in [1.165, 1.54) is 44.6 Å². The SMILES string of the molecule is CCCCCCCC1CCC(OC(=O)c2ccc(/C=C/C(=O)OCC(CCCC)c3cc(N)cc(N)c3)cc2)CC1. The van der Waals surface area contributed by atoms with Crippen molar-refractivity contribution < 1.29 is 19.1 Å². The number of esters is 2. The molecule has 0 radical (unpaired) electrons. The summed E-state index contributed by atoms with van der Waals surface area (Å²) in [4.78, 5) is 25.1. The molecule has 6 nitrogen and oxygen atoms in total. The van der Waals surface area contributed by atoms with E-state index in [9.17, 15) is 9.59 Å². The van der Waals surface area contributed by atoms with Gasteiger partial charge in [-0.05, 0) is 85.6 Å². The smallest absolute Gasteiger partial charge is 0.338 e. The number of carbonyl (C=O) groups is 2. The van der Waals surface area contributed by atoms with E-state index in [1.807, 2.05) is 24.3 Å². The maximum Gasteiger partial charge on any atom is 0.338 e. The molecular formula is C35H50N2O4. The highest BCUT2D eigenvalue weighted by molar-refractivity contribution is 5.90. The minimum absolute atomic E-state index is 0.0121. The fourth-order valence-electron chi connectivity index (χ4n) is 5.65. The van der Waals surface area contributed by atoms with Gasteiger partial charge >= 0.3 is 11.9 Å². The summed E-state index contributed by atoms with van der Waals surface area (Å²) in [6.45, 7) is 4.64. The van der Waals surface area contributed by atoms with E-state index in [0.717, 1.165) is 62.0 Å². The number of rotatable bonds is 16. The third-order valence-corrected chi connectivity index (χ3v) is 8.15. The summed E-state index contributed by atoms with van der Waals surface area (Å²) in [5, 5.41) is 0. The van der Waals surface area contributed by atoms with Crippen LogP contribution in [0.4, 0.5) is 11.4 Å². The lowest BCUT2D eigenvalue weighted by atomic mass is 9.84. The summed E-state index contributed by atoms with van der Waals surface area (Å²) in [5.74, 6) is 0.128. The van der Waals surface area contributed by atoms with Gasteiger partial charge in [-0.25, -0.2) is 9.59 Å². The van der Waals surface area contributed by atoms with Crippen molar-refractivity contribution in [2.75, 3.05) is 18.1 Å². The highest BCUT2D eigenvalue weighted by Gasteiger charge is 2.24. The number of nitrogen functional groups attached to an aromatic ring is 2. The van der Waals surface area contributed by atoms with E-state index in [2.05, 4.69) is 13.8 Å². The van der Waals surface area contributed by atoms with E-state index < -0.39 is 5.97 Å². The van der Waals surface area contributed by atoms with Gasteiger partial charge in [-0.15, -0.1) is 0 Å². The maximum absolute atomic E-state index is 12.7. The molecule has 0 saturated heterocycles. The fourth-order valence-corrected chi connectivity index (χ4v) is 5.65. The second-order valence-corrected chi connectivity index (χ2v) is 11.6. The summed E-state index contributed by atoms with van der Waals surface area (Å²) >= 11 is 0. The molecule has 2 aromatic carbocycles. The molecule has 224 valence electrons. The Morgan fingerprint density at radius 2 is 1.54 bits per heavy atom. The van der Waals surface area contributed by atoms with Crippen LogP contribution >= 0.6 is 0 Å². The average Bonchev–Trinajstić information content (AvgIpc) is 2.96. The summed E-state index contributed by atoms with van der Waals surface area (Å²) in [5.41, 5.74) is 15.5. The van der Waals surface area contributed by atoms with Gasteiger partial charge in [0, 0.05) is 23.4 Å². The number of ether oxygens (including phenoxy) is 2. The molecule has 0 aliphatic heterocycles. The lowest BCUT2D eigenvalue weighted by molar-refractivity contribution is -0.138. The zero-order valence-corrected chi connectivity index (χ0v) is 25.1. The zero-order valence-electron chi connectivity index (χ0n) is 25.1. The van der Waals surface area contributed by atoms with Gasteiger partial charge in [-0.1, -0.05) is 77.3 Å². The number of nitrogens with two attached hydrogens (primary N) is 2. The van der Waals surface area contributed by atoms with Crippen LogP contribution < -0.4 is 11.5 Å². The van der Waals surface area contributed by atoms with Crippen LogP contribution in [-0.4, -0.2) is 24.6 Å². The number of hydrogen-bond donors (Lipinski definition) is 2. The molecule has 4 N–H and O–H groups in total. The van der Waals surface area contributed by atoms with Gasteiger partial charge in [0.15, 0.2) is 0 Å². The normalized spacial score (nSPS) is 17.8. The van der Waals surface area contributed by atoms with Gasteiger partial charge in [0.2, 0.25) is 0 Å². The lowest BCUT2D eigenvalue weighted by Crippen LogP contribution is -2.24. The van der Waals surface area contributed by atoms with Crippen LogP contribution in [0.1, 0.15) is 125 Å². The Labute approximate surface area is 246 Å². The number of unbranched alkanes of at least 4 members (excludes halogenated alkanes) is 5. The predicted octanol–water partition coefficient (Wildman–Crippen LogP) is 8.46. The van der Waals surface area contributed by atoms with Crippen molar-refractivity contribution in [3.8, 4) is 0 Å². The van der Waals surface area contributed by atoms with Crippen molar-refractivity contribution in [1.29, 1.82) is 0 Å². The number of hydrogen-bond acceptors (Lipinski definition) is 6. The quantitative estimate of drug-likeness (QED) is 0.0920. The minimum atomic E-state index is -0.413. The Balaban J connectivity index is 1.42. The molecular weight excluding hydrogens is 512 g/mol. The molecule has 0 aromatic heterocycles. The molecule has 2 aromatic rings. The minimum Gasteiger partial charge on any atom is -0.462 e. The van der Waals surface area contributed by atoms with Crippen molar-refractivity contribution in [2.45, 2.75) is 109 Å². The largest absolute Gasteiger partial charge is 0.462 e. The fraction of sp³-hybridized carbons (Fsp3) is 0.543. The summed E-state index contributed by atoms with van der Waals surface area (Å²) in [6.07, 6.45) is 18.2. The van der Waals surface area contributed by atoms with Gasteiger partial charge in [-0.3, -0.25) is 0 Å². The molecule has 1 aliphatic carbocycles. The Kier molecular flexibility index (Phi) is 13.8. The van der Waals surface area contributed by atoms with Crippen LogP contribution in [0.5, 0.6) is 0 Å². The second kappa shape index (κ2) is 17.5. The predicted molar refractivity (Wildman–Crippen MR) is 169 cm³/mol. The van der Waals surface area contributed by atoms with Gasteiger partial charge in [0.1, 0.15) is 6.10 Å². The molecule has 1 aliphatic rings. The molecule has 1 fully saturated rings. The first-order chi connectivity index (χ1) is 19.9. The summed E-state index contributed by atoms with van der Waals surface area (Å²) < 4.78 is 11.4. The van der Waals surface area contributed by atoms with Crippen LogP contribution in [0.3, 0.4) is 0 Å². The molecule has 1 saturated carbocycles. The first kappa shape index (κ1) is 32.2. The van der Waals surface area contributed by atoms with Crippen LogP contribution in [0, 0.1) is 5.92 Å². The van der Waals surface area contributed by atoms with Crippen molar-refractivity contribution >= 4 is 29.4 Å². The number of benzene rings is 2. The Hall–Kier alpha value is -3.28. The van der Waals surface area contributed by atoms with Crippen molar-refractivity contribution in [1.82, 2.24) is 0 Å². The topological polar surface area (TPSA) is 105 Å². The van der Waals surface area contributed by atoms with Crippen molar-refractivity contribution in [3.05, 3.63) is 65.2 Å². The first-order valence-corrected chi connectivity index (χ1v) is 15.7. The van der Waals surface area contributed by atoms with Crippen LogP contribution in [-0.2, 0) is 14.3 Å². The molecule has 0 amide bonds. The standard InChI is InChI=1S/C35H50N2O4/c1-3-5-7-8-9-10-26-14-19-33(20-15-26)41-35(39)28-17-12-27(13-18-28)16-21-34(38)40-25-29(11-6-4-2)30-22-31(36)24-32(37)23-30/h12-13,16-18,21-24,26,29,33H,3-11,14-15,19-20,25,36-37H2,1-2H3/b21-16+. The number of anilines is 2. The zero-order chi connectivity index (χ0) is 29.5. The van der Waals surface area contributed by atoms with Crippen LogP contribution in [0.25, 0.3) is 6.08 Å². The van der Waals surface area contributed by atoms with Crippen molar-refractivity contribution in [3.63, 3.8) is 0 Å². The third-order valence-electron chi connectivity index (χ3n) is 8.15. The molecule has 1 unspecified atom stereocenters. The van der Waals surface area contributed by atoms with Gasteiger partial charge in [-0.2, -0.15) is 0 Å². The van der Waals surface area contributed by atoms with E-state index in [4.69, 9.17) is 20.9 Å². The molecule has 0 heterocycles. The number of carbonyl (C=O) groups excluding carboxylic acids is 2. The van der Waals surface area contributed by atoms with E-state index in [-0.39, 0.29) is 24.6 Å². The Morgan fingerprint density at radius 1 is 0.878 bits per heavy atom. The van der Waals surface area contributed by atoms with Gasteiger partial charge < -0.3 is 20.9 Å². The molecule has 0 bridgehead atoms. The monoisotopic (exact) mass is 562 g/mol. The van der Waals surface area contributed by atoms with E-state index in [1.54, 1.807) is 24.3 Å². The lowest BCUT2D eigenvalue weighted by Gasteiger charge is -2.28. The molecule has 0 spiro atoms. The summed E-state index contributed by atoms with van der Waals surface area (Å²) in [7, 11) is 0. The molecule has 6 heteroatoms. The third kappa shape index (κ3) is 11.6. The Bertz CT molecular complexity index is 1080. The van der Waals surface area contributed by atoms with Crippen molar-refractivity contribution in [2.24, 2.45) is 5.92 Å². The summed E-state index contributed by atoms with van der Waals surface area (Å²) in [6, 6.07) is 12.6. The molecule has 3 rings (SSSR count). The van der Waals surface area contributed by atoms with Crippen LogP contribution in [0.2, 0.25) is 0 Å². The van der Waals surface area contributed by atoms with E-state index in [0.29, 0.717) is 16.9 Å². The highest BCUT2D eigenvalue weighted by atomic mass is 16.5. The first-order valence-electron chi connectivity index (χ1n) is 15.7. The Morgan fingerprint density at radius 3 is 2.20 bits per heavy atom. The van der Waals surface area contributed by atoms with Gasteiger partial charge in [0.25, 0.3) is 0 Å². The molecule has 41 heavy (non-hydrogen) atoms. The van der Waals surface area contributed by atoms with E-state index >= 15 is 0 Å². The second-order valence-electron chi connectivity index (χ2n) is 11.6. The molecule has 1 atom stereocenters.